The first kappa shape index (κ1) is 16.0. The Morgan fingerprint density at radius 2 is 2.09 bits per heavy atom. The van der Waals surface area contributed by atoms with Gasteiger partial charge in [0, 0.05) is 10.6 Å². The molecule has 1 aromatic heterocycles. The number of ether oxygens (including phenoxy) is 1. The summed E-state index contributed by atoms with van der Waals surface area (Å²) in [4.78, 5) is 23.1. The number of hydrogen-bond acceptors (Lipinski definition) is 4. The highest BCUT2D eigenvalue weighted by molar-refractivity contribution is 6.31. The molecule has 116 valence electrons. The third kappa shape index (κ3) is 4.60. The van der Waals surface area contributed by atoms with Gasteiger partial charge in [0.05, 0.1) is 19.2 Å². The summed E-state index contributed by atoms with van der Waals surface area (Å²) >= 11 is 5.81. The van der Waals surface area contributed by atoms with Crippen LogP contribution in [0.5, 0.6) is 0 Å². The van der Waals surface area contributed by atoms with Gasteiger partial charge in [-0.1, -0.05) is 17.7 Å². The molecule has 22 heavy (non-hydrogen) atoms. The monoisotopic (exact) mass is 325 g/mol. The number of carbonyl (C=O) groups is 2. The molecule has 0 saturated heterocycles. The highest BCUT2D eigenvalue weighted by Gasteiger charge is 2.14. The van der Waals surface area contributed by atoms with Crippen LogP contribution in [0.3, 0.4) is 0 Å². The van der Waals surface area contributed by atoms with Crippen molar-refractivity contribution in [3.8, 4) is 0 Å². The Balaban J connectivity index is 1.76. The molecule has 0 radical (unpaired) electrons. The summed E-state index contributed by atoms with van der Waals surface area (Å²) in [6.45, 7) is -0.256. The Kier molecular flexibility index (Phi) is 5.55. The van der Waals surface area contributed by atoms with Gasteiger partial charge in [-0.3, -0.25) is 9.59 Å². The van der Waals surface area contributed by atoms with Gasteiger partial charge in [0.15, 0.2) is 6.61 Å². The second-order valence-corrected chi connectivity index (χ2v) is 4.80. The lowest BCUT2D eigenvalue weighted by Crippen LogP contribution is -2.28. The zero-order valence-corrected chi connectivity index (χ0v) is 12.2. The van der Waals surface area contributed by atoms with E-state index in [1.54, 1.807) is 12.1 Å². The van der Waals surface area contributed by atoms with Gasteiger partial charge in [0.2, 0.25) is 0 Å². The lowest BCUT2D eigenvalue weighted by molar-refractivity contribution is -0.148. The molecule has 0 atom stereocenters. The predicted molar refractivity (Wildman–Crippen MR) is 76.6 cm³/mol. The summed E-state index contributed by atoms with van der Waals surface area (Å²) in [5.74, 6) is -1.23. The topological polar surface area (TPSA) is 68.5 Å². The number of amides is 1. The summed E-state index contributed by atoms with van der Waals surface area (Å²) in [5, 5.41) is 2.66. The molecule has 0 spiro atoms. The Hall–Kier alpha value is -2.34. The van der Waals surface area contributed by atoms with Gasteiger partial charge in [-0.25, -0.2) is 4.39 Å². The quantitative estimate of drug-likeness (QED) is 0.828. The molecule has 0 bridgehead atoms. The molecule has 0 saturated carbocycles. The van der Waals surface area contributed by atoms with E-state index in [0.29, 0.717) is 5.76 Å². The number of rotatable bonds is 6. The van der Waals surface area contributed by atoms with Crippen LogP contribution in [0.25, 0.3) is 0 Å². The van der Waals surface area contributed by atoms with E-state index in [-0.39, 0.29) is 23.6 Å². The molecule has 0 unspecified atom stereocenters. The van der Waals surface area contributed by atoms with Gasteiger partial charge in [0.1, 0.15) is 11.6 Å². The fourth-order valence-corrected chi connectivity index (χ4v) is 1.92. The van der Waals surface area contributed by atoms with Crippen LogP contribution in [-0.4, -0.2) is 18.5 Å². The molecule has 1 heterocycles. The molecular weight excluding hydrogens is 313 g/mol. The minimum absolute atomic E-state index is 0.0464. The normalized spacial score (nSPS) is 10.3. The fraction of sp³-hybridized carbons (Fsp3) is 0.200. The minimum atomic E-state index is -0.736. The van der Waals surface area contributed by atoms with Crippen LogP contribution in [0.4, 0.5) is 4.39 Å². The van der Waals surface area contributed by atoms with E-state index < -0.39 is 24.3 Å². The molecule has 0 fully saturated rings. The van der Waals surface area contributed by atoms with Crippen molar-refractivity contribution in [3.05, 3.63) is 58.8 Å². The summed E-state index contributed by atoms with van der Waals surface area (Å²) in [6, 6.07) is 7.51. The molecule has 2 rings (SSSR count). The van der Waals surface area contributed by atoms with Crippen LogP contribution in [0.2, 0.25) is 5.02 Å². The molecule has 0 aliphatic heterocycles. The number of carbonyl (C=O) groups excluding carboxylic acids is 2. The first-order valence-electron chi connectivity index (χ1n) is 6.44. The highest BCUT2D eigenvalue weighted by Crippen LogP contribution is 2.19. The zero-order chi connectivity index (χ0) is 15.9. The van der Waals surface area contributed by atoms with Gasteiger partial charge >= 0.3 is 5.97 Å². The van der Waals surface area contributed by atoms with Crippen molar-refractivity contribution in [1.82, 2.24) is 5.32 Å². The average molecular weight is 326 g/mol. The van der Waals surface area contributed by atoms with Crippen molar-refractivity contribution in [2.45, 2.75) is 13.0 Å². The molecule has 2 aromatic rings. The molecule has 7 heteroatoms. The number of esters is 1. The lowest BCUT2D eigenvalue weighted by Gasteiger charge is -2.07. The third-order valence-corrected chi connectivity index (χ3v) is 3.14. The van der Waals surface area contributed by atoms with Crippen molar-refractivity contribution in [2.24, 2.45) is 0 Å². The van der Waals surface area contributed by atoms with Crippen molar-refractivity contribution in [3.63, 3.8) is 0 Å². The van der Waals surface area contributed by atoms with Crippen molar-refractivity contribution in [1.29, 1.82) is 0 Å². The molecule has 1 N–H and O–H groups in total. The van der Waals surface area contributed by atoms with E-state index >= 15 is 0 Å². The van der Waals surface area contributed by atoms with E-state index in [9.17, 15) is 14.0 Å². The maximum Gasteiger partial charge on any atom is 0.310 e. The third-order valence-electron chi connectivity index (χ3n) is 2.79. The van der Waals surface area contributed by atoms with Crippen LogP contribution in [0, 0.1) is 5.82 Å². The van der Waals surface area contributed by atoms with Crippen LogP contribution in [0.1, 0.15) is 11.3 Å². The van der Waals surface area contributed by atoms with Gasteiger partial charge in [0.25, 0.3) is 5.91 Å². The summed E-state index contributed by atoms with van der Waals surface area (Å²) in [6.07, 6.45) is 1.15. The molecule has 0 aliphatic rings. The van der Waals surface area contributed by atoms with Crippen molar-refractivity contribution in [2.75, 3.05) is 6.61 Å². The summed E-state index contributed by atoms with van der Waals surface area (Å²) < 4.78 is 23.3. The van der Waals surface area contributed by atoms with Crippen LogP contribution in [0.15, 0.2) is 41.0 Å². The largest absolute Gasteiger partial charge is 0.467 e. The van der Waals surface area contributed by atoms with Crippen LogP contribution >= 0.6 is 11.6 Å². The first-order valence-corrected chi connectivity index (χ1v) is 6.81. The molecule has 1 amide bonds. The standard InChI is InChI=1S/C15H13ClFNO4/c16-12-4-1-5-13(17)11(12)7-15(20)22-9-14(19)18-8-10-3-2-6-21-10/h1-6H,7-9H2,(H,18,19). The lowest BCUT2D eigenvalue weighted by atomic mass is 10.1. The van der Waals surface area contributed by atoms with E-state index in [4.69, 9.17) is 20.8 Å². The molecule has 1 aromatic carbocycles. The summed E-state index contributed by atoms with van der Waals surface area (Å²) in [7, 11) is 0. The average Bonchev–Trinajstić information content (AvgIpc) is 3.00. The fourth-order valence-electron chi connectivity index (χ4n) is 1.69. The van der Waals surface area contributed by atoms with Gasteiger partial charge < -0.3 is 14.5 Å². The Labute approximate surface area is 131 Å². The van der Waals surface area contributed by atoms with Gasteiger partial charge in [-0.15, -0.1) is 0 Å². The van der Waals surface area contributed by atoms with Crippen LogP contribution in [-0.2, 0) is 27.3 Å². The number of benzene rings is 1. The highest BCUT2D eigenvalue weighted by atomic mass is 35.5. The molecular formula is C15H13ClFNO4. The van der Waals surface area contributed by atoms with E-state index in [0.717, 1.165) is 0 Å². The molecule has 5 nitrogen and oxygen atoms in total. The van der Waals surface area contributed by atoms with Crippen LogP contribution < -0.4 is 5.32 Å². The number of halogens is 2. The van der Waals surface area contributed by atoms with Crippen molar-refractivity contribution < 1.29 is 23.1 Å². The van der Waals surface area contributed by atoms with E-state index in [1.807, 2.05) is 0 Å². The van der Waals surface area contributed by atoms with E-state index in [2.05, 4.69) is 5.32 Å². The maximum absolute atomic E-state index is 13.5. The smallest absolute Gasteiger partial charge is 0.310 e. The minimum Gasteiger partial charge on any atom is -0.467 e. The Morgan fingerprint density at radius 1 is 1.27 bits per heavy atom. The van der Waals surface area contributed by atoms with Gasteiger partial charge in [-0.05, 0) is 24.3 Å². The molecule has 0 aliphatic carbocycles. The predicted octanol–water partition coefficient (Wildman–Crippen LogP) is 2.47. The number of furan rings is 1. The Morgan fingerprint density at radius 3 is 2.77 bits per heavy atom. The maximum atomic E-state index is 13.5. The summed E-state index contributed by atoms with van der Waals surface area (Å²) in [5.41, 5.74) is 0.0464. The second-order valence-electron chi connectivity index (χ2n) is 4.39. The number of nitrogens with one attached hydrogen (secondary N) is 1. The number of hydrogen-bond donors (Lipinski definition) is 1. The van der Waals surface area contributed by atoms with Crippen molar-refractivity contribution >= 4 is 23.5 Å². The first-order chi connectivity index (χ1) is 10.6. The SMILES string of the molecule is O=C(COC(=O)Cc1c(F)cccc1Cl)NCc1ccco1. The van der Waals surface area contributed by atoms with Gasteiger partial charge in [-0.2, -0.15) is 0 Å². The zero-order valence-electron chi connectivity index (χ0n) is 11.5. The van der Waals surface area contributed by atoms with E-state index in [1.165, 1.54) is 24.5 Å². The Bertz CT molecular complexity index is 637. The second kappa shape index (κ2) is 7.61.